The molecule has 2 aromatic heterocycles. The van der Waals surface area contributed by atoms with Gasteiger partial charge in [-0.1, -0.05) is 12.1 Å². The molecule has 0 spiro atoms. The summed E-state index contributed by atoms with van der Waals surface area (Å²) in [5.74, 6) is -0.0280. The Bertz CT molecular complexity index is 1400. The number of methoxy groups -OCH3 is 1. The quantitative estimate of drug-likeness (QED) is 0.468. The lowest BCUT2D eigenvalue weighted by Crippen LogP contribution is -2.25. The SMILES string of the molecule is COc1ccc(-c2cnnc(-n3nc(C)c4c3NC(=O)C[C@@H]4c3ccc(C(=O)O)cc3)n2)cc1. The van der Waals surface area contributed by atoms with E-state index in [2.05, 4.69) is 25.6 Å². The topological polar surface area (TPSA) is 132 Å². The number of nitrogens with one attached hydrogen (secondary N) is 1. The summed E-state index contributed by atoms with van der Waals surface area (Å²) >= 11 is 0. The first-order valence-electron chi connectivity index (χ1n) is 10.5. The highest BCUT2D eigenvalue weighted by Crippen LogP contribution is 2.40. The highest BCUT2D eigenvalue weighted by molar-refractivity contribution is 5.95. The molecule has 1 atom stereocenters. The largest absolute Gasteiger partial charge is 0.497 e. The van der Waals surface area contributed by atoms with E-state index in [1.165, 1.54) is 16.8 Å². The predicted molar refractivity (Wildman–Crippen MR) is 122 cm³/mol. The van der Waals surface area contributed by atoms with Crippen molar-refractivity contribution in [3.63, 3.8) is 0 Å². The molecule has 0 aliphatic carbocycles. The average Bonchev–Trinajstić information content (AvgIpc) is 3.19. The number of aromatic nitrogens is 5. The number of amides is 1. The first-order valence-corrected chi connectivity index (χ1v) is 10.5. The number of anilines is 1. The van der Waals surface area contributed by atoms with E-state index < -0.39 is 5.97 Å². The van der Waals surface area contributed by atoms with Gasteiger partial charge in [-0.25, -0.2) is 9.78 Å². The Balaban J connectivity index is 1.56. The number of fused-ring (bicyclic) bond motifs is 1. The van der Waals surface area contributed by atoms with Crippen LogP contribution in [0.2, 0.25) is 0 Å². The summed E-state index contributed by atoms with van der Waals surface area (Å²) < 4.78 is 6.69. The van der Waals surface area contributed by atoms with Crippen LogP contribution in [0.5, 0.6) is 5.75 Å². The number of hydrogen-bond donors (Lipinski definition) is 2. The van der Waals surface area contributed by atoms with Crippen molar-refractivity contribution in [1.82, 2.24) is 25.0 Å². The van der Waals surface area contributed by atoms with E-state index >= 15 is 0 Å². The molecule has 0 radical (unpaired) electrons. The molecule has 0 unspecified atom stereocenters. The predicted octanol–water partition coefficient (Wildman–Crippen LogP) is 3.21. The van der Waals surface area contributed by atoms with Crippen LogP contribution in [0.15, 0.2) is 54.7 Å². The van der Waals surface area contributed by atoms with Crippen molar-refractivity contribution in [2.75, 3.05) is 12.4 Å². The molecule has 10 heteroatoms. The van der Waals surface area contributed by atoms with Gasteiger partial charge >= 0.3 is 5.97 Å². The average molecular weight is 456 g/mol. The fourth-order valence-electron chi connectivity index (χ4n) is 4.12. The molecule has 0 fully saturated rings. The summed E-state index contributed by atoms with van der Waals surface area (Å²) in [5.41, 5.74) is 3.98. The summed E-state index contributed by atoms with van der Waals surface area (Å²) in [7, 11) is 1.60. The van der Waals surface area contributed by atoms with E-state index in [0.29, 0.717) is 17.2 Å². The van der Waals surface area contributed by atoms with Gasteiger partial charge in [-0.3, -0.25) is 4.79 Å². The van der Waals surface area contributed by atoms with Crippen molar-refractivity contribution < 1.29 is 19.4 Å². The Morgan fingerprint density at radius 2 is 1.88 bits per heavy atom. The summed E-state index contributed by atoms with van der Waals surface area (Å²) in [6.07, 6.45) is 1.77. The zero-order chi connectivity index (χ0) is 23.8. The molecular formula is C24H20N6O4. The van der Waals surface area contributed by atoms with Gasteiger partial charge in [0.25, 0.3) is 5.95 Å². The van der Waals surface area contributed by atoms with E-state index in [1.54, 1.807) is 25.4 Å². The molecule has 5 rings (SSSR count). The Morgan fingerprint density at radius 1 is 1.15 bits per heavy atom. The highest BCUT2D eigenvalue weighted by Gasteiger charge is 2.33. The fourth-order valence-corrected chi connectivity index (χ4v) is 4.12. The number of nitrogens with zero attached hydrogens (tertiary/aromatic N) is 5. The van der Waals surface area contributed by atoms with Crippen molar-refractivity contribution in [3.05, 3.63) is 77.1 Å². The normalized spacial score (nSPS) is 14.9. The Hall–Kier alpha value is -4.60. The summed E-state index contributed by atoms with van der Waals surface area (Å²) in [4.78, 5) is 28.4. The molecule has 1 aliphatic rings. The maximum absolute atomic E-state index is 12.6. The molecule has 10 nitrogen and oxygen atoms in total. The van der Waals surface area contributed by atoms with Gasteiger partial charge in [0, 0.05) is 23.5 Å². The lowest BCUT2D eigenvalue weighted by Gasteiger charge is -2.24. The molecule has 1 aliphatic heterocycles. The first kappa shape index (κ1) is 21.3. The van der Waals surface area contributed by atoms with Gasteiger partial charge < -0.3 is 15.2 Å². The van der Waals surface area contributed by atoms with Crippen LogP contribution in [0.3, 0.4) is 0 Å². The number of carboxylic acid groups (broad SMARTS) is 1. The third kappa shape index (κ3) is 3.75. The van der Waals surface area contributed by atoms with Crippen LogP contribution in [-0.4, -0.2) is 49.1 Å². The van der Waals surface area contributed by atoms with Crippen molar-refractivity contribution in [1.29, 1.82) is 0 Å². The van der Waals surface area contributed by atoms with Gasteiger partial charge in [-0.2, -0.15) is 14.9 Å². The maximum Gasteiger partial charge on any atom is 0.335 e. The van der Waals surface area contributed by atoms with Gasteiger partial charge in [0.2, 0.25) is 5.91 Å². The molecular weight excluding hydrogens is 436 g/mol. The van der Waals surface area contributed by atoms with E-state index in [4.69, 9.17) is 4.74 Å². The number of hydrogen-bond acceptors (Lipinski definition) is 7. The number of carboxylic acids is 1. The van der Waals surface area contributed by atoms with Gasteiger partial charge in [0.05, 0.1) is 30.3 Å². The van der Waals surface area contributed by atoms with E-state index in [1.807, 2.05) is 31.2 Å². The summed E-state index contributed by atoms with van der Waals surface area (Å²) in [6.45, 7) is 1.85. The lowest BCUT2D eigenvalue weighted by molar-refractivity contribution is -0.116. The highest BCUT2D eigenvalue weighted by atomic mass is 16.5. The number of ether oxygens (including phenoxy) is 1. The minimum atomic E-state index is -1.00. The van der Waals surface area contributed by atoms with E-state index in [0.717, 1.165) is 22.4 Å². The minimum absolute atomic E-state index is 0.180. The van der Waals surface area contributed by atoms with Crippen molar-refractivity contribution in [2.45, 2.75) is 19.3 Å². The molecule has 0 saturated carbocycles. The molecule has 170 valence electrons. The van der Waals surface area contributed by atoms with Gasteiger partial charge in [0.1, 0.15) is 11.6 Å². The molecule has 0 bridgehead atoms. The summed E-state index contributed by atoms with van der Waals surface area (Å²) in [6, 6.07) is 13.9. The van der Waals surface area contributed by atoms with Crippen molar-refractivity contribution >= 4 is 17.7 Å². The monoisotopic (exact) mass is 456 g/mol. The molecule has 3 heterocycles. The van der Waals surface area contributed by atoms with E-state index in [9.17, 15) is 14.7 Å². The number of carbonyl (C=O) groups excluding carboxylic acids is 1. The Kier molecular flexibility index (Phi) is 5.25. The standard InChI is InChI=1S/C24H20N6O4/c1-13-21-18(14-3-5-16(6-4-14)23(32)33)11-20(31)27-22(21)30(29-13)24-26-19(12-25-28-24)15-7-9-17(34-2)10-8-15/h3-10,12,18H,11H2,1-2H3,(H,27,31)(H,32,33)/t18-/m1/s1. The second-order valence-corrected chi connectivity index (χ2v) is 7.86. The maximum atomic E-state index is 12.6. The second kappa shape index (κ2) is 8.39. The third-order valence-corrected chi connectivity index (χ3v) is 5.79. The van der Waals surface area contributed by atoms with Crippen LogP contribution >= 0.6 is 0 Å². The minimum Gasteiger partial charge on any atom is -0.497 e. The summed E-state index contributed by atoms with van der Waals surface area (Å²) in [5, 5.41) is 24.9. The molecule has 1 amide bonds. The number of benzene rings is 2. The van der Waals surface area contributed by atoms with Crippen LogP contribution in [0.4, 0.5) is 5.82 Å². The molecule has 4 aromatic rings. The lowest BCUT2D eigenvalue weighted by atomic mass is 9.85. The Morgan fingerprint density at radius 3 is 2.56 bits per heavy atom. The molecule has 34 heavy (non-hydrogen) atoms. The van der Waals surface area contributed by atoms with Crippen LogP contribution < -0.4 is 10.1 Å². The Labute approximate surface area is 194 Å². The van der Waals surface area contributed by atoms with Crippen molar-refractivity contribution in [2.24, 2.45) is 0 Å². The van der Waals surface area contributed by atoms with Crippen molar-refractivity contribution in [3.8, 4) is 23.0 Å². The van der Waals surface area contributed by atoms with Gasteiger partial charge in [-0.05, 0) is 48.9 Å². The number of rotatable bonds is 5. The number of carbonyl (C=O) groups is 2. The van der Waals surface area contributed by atoms with Gasteiger partial charge in [-0.15, -0.1) is 5.10 Å². The number of aryl methyl sites for hydroxylation is 1. The third-order valence-electron chi connectivity index (χ3n) is 5.79. The van der Waals surface area contributed by atoms with E-state index in [-0.39, 0.29) is 29.8 Å². The smallest absolute Gasteiger partial charge is 0.335 e. The fraction of sp³-hybridized carbons (Fsp3) is 0.167. The molecule has 2 N–H and O–H groups in total. The van der Waals surface area contributed by atoms with Crippen LogP contribution in [0, 0.1) is 6.92 Å². The number of aromatic carboxylic acids is 1. The van der Waals surface area contributed by atoms with Crippen LogP contribution in [0.25, 0.3) is 17.2 Å². The zero-order valence-corrected chi connectivity index (χ0v) is 18.4. The second-order valence-electron chi connectivity index (χ2n) is 7.86. The van der Waals surface area contributed by atoms with Crippen LogP contribution in [0.1, 0.15) is 39.5 Å². The molecule has 2 aromatic carbocycles. The van der Waals surface area contributed by atoms with Crippen LogP contribution in [-0.2, 0) is 4.79 Å². The zero-order valence-electron chi connectivity index (χ0n) is 18.4. The first-order chi connectivity index (χ1) is 16.4. The van der Waals surface area contributed by atoms with Gasteiger partial charge in [0.15, 0.2) is 0 Å². The molecule has 0 saturated heterocycles.